The lowest BCUT2D eigenvalue weighted by molar-refractivity contribution is -0.192. The van der Waals surface area contributed by atoms with E-state index in [1.54, 1.807) is 36.5 Å². The van der Waals surface area contributed by atoms with Crippen molar-refractivity contribution in [3.05, 3.63) is 84.1 Å². The van der Waals surface area contributed by atoms with Gasteiger partial charge in [0.2, 0.25) is 5.95 Å². The maximum absolute atomic E-state index is 14.5. The number of hydrogen-bond acceptors (Lipinski definition) is 7. The van der Waals surface area contributed by atoms with Crippen molar-refractivity contribution in [2.24, 2.45) is 0 Å². The highest BCUT2D eigenvalue weighted by atomic mass is 19.4. The Balaban J connectivity index is 0.000000541. The Hall–Kier alpha value is -5.35. The molecule has 3 N–H and O–H groups in total. The summed E-state index contributed by atoms with van der Waals surface area (Å²) in [6, 6.07) is 12.8. The molecule has 3 heterocycles. The van der Waals surface area contributed by atoms with Gasteiger partial charge in [-0.15, -0.1) is 5.10 Å². The molecule has 0 saturated heterocycles. The van der Waals surface area contributed by atoms with E-state index in [4.69, 9.17) is 9.90 Å². The van der Waals surface area contributed by atoms with Gasteiger partial charge in [0, 0.05) is 28.7 Å². The molecule has 0 aliphatic rings. The predicted molar refractivity (Wildman–Crippen MR) is 138 cm³/mol. The quantitative estimate of drug-likeness (QED) is 0.199. The van der Waals surface area contributed by atoms with Gasteiger partial charge < -0.3 is 10.4 Å². The summed E-state index contributed by atoms with van der Waals surface area (Å²) >= 11 is 0. The van der Waals surface area contributed by atoms with E-state index in [0.29, 0.717) is 28.2 Å². The number of carbonyl (C=O) groups is 1. The first-order chi connectivity index (χ1) is 20.1. The largest absolute Gasteiger partial charge is 0.490 e. The van der Waals surface area contributed by atoms with Crippen LogP contribution in [0.3, 0.4) is 0 Å². The highest BCUT2D eigenvalue weighted by Gasteiger charge is 2.38. The molecule has 0 spiro atoms. The van der Waals surface area contributed by atoms with Gasteiger partial charge in [-0.1, -0.05) is 0 Å². The van der Waals surface area contributed by atoms with E-state index >= 15 is 0 Å². The van der Waals surface area contributed by atoms with Crippen molar-refractivity contribution in [3.8, 4) is 28.1 Å². The molecule has 0 atom stereocenters. The number of rotatable bonds is 5. The van der Waals surface area contributed by atoms with Crippen LogP contribution in [0, 0.1) is 19.7 Å². The minimum absolute atomic E-state index is 0.266. The molecular formula is C26H19F7N8O2. The van der Waals surface area contributed by atoms with Gasteiger partial charge >= 0.3 is 18.3 Å². The molecule has 10 nitrogen and oxygen atoms in total. The summed E-state index contributed by atoms with van der Waals surface area (Å²) in [6.07, 6.45) is -7.16. The normalized spacial score (nSPS) is 11.6. The lowest BCUT2D eigenvalue weighted by atomic mass is 10.00. The van der Waals surface area contributed by atoms with Crippen molar-refractivity contribution in [2.45, 2.75) is 26.2 Å². The van der Waals surface area contributed by atoms with Gasteiger partial charge in [0.1, 0.15) is 12.1 Å². The minimum atomic E-state index is -5.08. The van der Waals surface area contributed by atoms with Crippen LogP contribution in [0.4, 0.5) is 42.4 Å². The zero-order chi connectivity index (χ0) is 31.5. The van der Waals surface area contributed by atoms with Crippen molar-refractivity contribution in [1.82, 2.24) is 34.9 Å². The Morgan fingerprint density at radius 1 is 0.953 bits per heavy atom. The van der Waals surface area contributed by atoms with Gasteiger partial charge in [0.15, 0.2) is 0 Å². The number of benzene rings is 2. The Bertz CT molecular complexity index is 1730. The SMILES string of the molecule is Cc1n[nH]c(C)c1-c1cc(F)cc(-c2ccnc(Nc3ccc(-n4cnc(C(F)(F)F)n4)cc3)n2)c1.O=C(O)C(F)(F)F. The number of aromatic nitrogens is 7. The second-order valence-electron chi connectivity index (χ2n) is 8.79. The maximum atomic E-state index is 14.5. The first-order valence-electron chi connectivity index (χ1n) is 11.9. The number of alkyl halides is 6. The van der Waals surface area contributed by atoms with Crippen molar-refractivity contribution in [3.63, 3.8) is 0 Å². The second kappa shape index (κ2) is 11.9. The van der Waals surface area contributed by atoms with Gasteiger partial charge in [0.25, 0.3) is 5.82 Å². The number of carboxylic acids is 1. The average Bonchev–Trinajstić information content (AvgIpc) is 3.56. The number of aromatic amines is 1. The van der Waals surface area contributed by atoms with Crippen LogP contribution >= 0.6 is 0 Å². The Morgan fingerprint density at radius 2 is 1.60 bits per heavy atom. The fourth-order valence-electron chi connectivity index (χ4n) is 3.78. The first-order valence-corrected chi connectivity index (χ1v) is 11.9. The minimum Gasteiger partial charge on any atom is -0.475 e. The number of aryl methyl sites for hydroxylation is 2. The standard InChI is InChI=1S/C24H18F4N8.C2HF3O2/c1-13-21(14(2)34-33-13)16-9-15(10-17(25)11-16)20-7-8-29-23(32-20)31-18-3-5-19(6-4-18)36-12-30-22(35-36)24(26,27)28;3-2(4,5)1(6)7/h3-12H,1-2H3,(H,33,34)(H,29,31,32);(H,6,7). The van der Waals surface area contributed by atoms with E-state index in [-0.39, 0.29) is 5.95 Å². The van der Waals surface area contributed by atoms with E-state index in [0.717, 1.165) is 28.0 Å². The number of H-pyrrole nitrogens is 1. The lowest BCUT2D eigenvalue weighted by Crippen LogP contribution is -2.21. The summed E-state index contributed by atoms with van der Waals surface area (Å²) in [5.74, 6) is -4.11. The fourth-order valence-corrected chi connectivity index (χ4v) is 3.78. The highest BCUT2D eigenvalue weighted by Crippen LogP contribution is 2.31. The number of carboxylic acid groups (broad SMARTS) is 1. The van der Waals surface area contributed by atoms with E-state index in [1.165, 1.54) is 12.1 Å². The molecule has 0 aliphatic carbocycles. The molecule has 0 fully saturated rings. The van der Waals surface area contributed by atoms with Crippen LogP contribution in [0.2, 0.25) is 0 Å². The highest BCUT2D eigenvalue weighted by molar-refractivity contribution is 5.75. The molecule has 224 valence electrons. The third kappa shape index (κ3) is 7.49. The van der Waals surface area contributed by atoms with Crippen LogP contribution in [0.15, 0.2) is 61.1 Å². The maximum Gasteiger partial charge on any atom is 0.490 e. The molecule has 43 heavy (non-hydrogen) atoms. The number of halogens is 7. The van der Waals surface area contributed by atoms with Crippen molar-refractivity contribution >= 4 is 17.6 Å². The van der Waals surface area contributed by atoms with Gasteiger partial charge in [-0.2, -0.15) is 31.4 Å². The van der Waals surface area contributed by atoms with Crippen LogP contribution in [0.5, 0.6) is 0 Å². The fraction of sp³-hybridized carbons (Fsp3) is 0.154. The monoisotopic (exact) mass is 608 g/mol. The molecule has 0 bridgehead atoms. The molecule has 3 aromatic heterocycles. The molecule has 0 unspecified atom stereocenters. The molecule has 17 heteroatoms. The molecular weight excluding hydrogens is 589 g/mol. The zero-order valence-corrected chi connectivity index (χ0v) is 22.0. The topological polar surface area (TPSA) is 134 Å². The van der Waals surface area contributed by atoms with E-state index in [1.807, 2.05) is 19.9 Å². The molecule has 0 saturated carbocycles. The van der Waals surface area contributed by atoms with Gasteiger partial charge in [-0.05, 0) is 67.9 Å². The van der Waals surface area contributed by atoms with Crippen molar-refractivity contribution < 1.29 is 40.6 Å². The Morgan fingerprint density at radius 3 is 2.16 bits per heavy atom. The molecule has 0 amide bonds. The summed E-state index contributed by atoms with van der Waals surface area (Å²) in [4.78, 5) is 20.9. The third-order valence-corrected chi connectivity index (χ3v) is 5.64. The number of nitrogens with zero attached hydrogens (tertiary/aromatic N) is 6. The molecule has 5 rings (SSSR count). The smallest absolute Gasteiger partial charge is 0.475 e. The lowest BCUT2D eigenvalue weighted by Gasteiger charge is -2.09. The molecule has 5 aromatic rings. The van der Waals surface area contributed by atoms with Gasteiger partial charge in [-0.3, -0.25) is 5.10 Å². The number of anilines is 2. The Labute approximate surface area is 237 Å². The molecule has 0 aliphatic heterocycles. The summed E-state index contributed by atoms with van der Waals surface area (Å²) in [6.45, 7) is 3.72. The molecule has 0 radical (unpaired) electrons. The third-order valence-electron chi connectivity index (χ3n) is 5.64. The second-order valence-corrected chi connectivity index (χ2v) is 8.79. The predicted octanol–water partition coefficient (Wildman–Crippen LogP) is 6.27. The van der Waals surface area contributed by atoms with E-state index in [2.05, 4.69) is 35.6 Å². The molecule has 2 aromatic carbocycles. The van der Waals surface area contributed by atoms with Crippen LogP contribution < -0.4 is 5.32 Å². The van der Waals surface area contributed by atoms with Crippen LogP contribution in [0.25, 0.3) is 28.1 Å². The van der Waals surface area contributed by atoms with E-state index < -0.39 is 30.0 Å². The van der Waals surface area contributed by atoms with Crippen LogP contribution in [0.1, 0.15) is 17.2 Å². The first kappa shape index (κ1) is 30.6. The summed E-state index contributed by atoms with van der Waals surface area (Å²) in [5, 5.41) is 20.7. The van der Waals surface area contributed by atoms with Crippen LogP contribution in [-0.4, -0.2) is 52.2 Å². The number of nitrogens with one attached hydrogen (secondary N) is 2. The van der Waals surface area contributed by atoms with Gasteiger partial charge in [-0.25, -0.2) is 28.8 Å². The zero-order valence-electron chi connectivity index (χ0n) is 22.0. The van der Waals surface area contributed by atoms with Crippen LogP contribution in [-0.2, 0) is 11.0 Å². The Kier molecular flexibility index (Phi) is 8.45. The summed E-state index contributed by atoms with van der Waals surface area (Å²) < 4.78 is 85.5. The van der Waals surface area contributed by atoms with Crippen molar-refractivity contribution in [1.29, 1.82) is 0 Å². The summed E-state index contributed by atoms with van der Waals surface area (Å²) in [7, 11) is 0. The summed E-state index contributed by atoms with van der Waals surface area (Å²) in [5.41, 5.74) is 5.17. The number of aliphatic carboxylic acids is 1. The van der Waals surface area contributed by atoms with E-state index in [9.17, 15) is 30.7 Å². The van der Waals surface area contributed by atoms with Gasteiger partial charge in [0.05, 0.1) is 17.1 Å². The van der Waals surface area contributed by atoms with Crippen molar-refractivity contribution in [2.75, 3.05) is 5.32 Å². The average molecular weight is 608 g/mol. The number of hydrogen-bond donors (Lipinski definition) is 3.